The molecule has 2 rings (SSSR count). The summed E-state index contributed by atoms with van der Waals surface area (Å²) in [4.78, 5) is 4.18. The molecule has 0 saturated heterocycles. The average molecular weight is 316 g/mol. The first-order valence-electron chi connectivity index (χ1n) is 5.27. The molecule has 0 aliphatic carbocycles. The van der Waals surface area contributed by atoms with Gasteiger partial charge in [0.2, 0.25) is 0 Å². The fourth-order valence-corrected chi connectivity index (χ4v) is 2.18. The first-order valence-corrected chi connectivity index (χ1v) is 6.44. The highest BCUT2D eigenvalue weighted by Crippen LogP contribution is 2.28. The first-order chi connectivity index (χ1) is 8.13. The van der Waals surface area contributed by atoms with Crippen LogP contribution in [0.1, 0.15) is 24.4 Å². The highest BCUT2D eigenvalue weighted by atomic mass is 79.9. The quantitative estimate of drug-likeness (QED) is 0.942. The Hall–Kier alpha value is -0.840. The SMILES string of the molecule is CCn1ccnc1C(O)c1ccc(Cl)c(Br)c1. The topological polar surface area (TPSA) is 38.0 Å². The largest absolute Gasteiger partial charge is 0.380 e. The maximum atomic E-state index is 10.3. The van der Waals surface area contributed by atoms with Gasteiger partial charge < -0.3 is 9.67 Å². The standard InChI is InChI=1S/C12H12BrClN2O/c1-2-16-6-5-15-12(16)11(17)8-3-4-10(14)9(13)7-8/h3-7,11,17H,2H2,1H3. The number of rotatable bonds is 3. The normalized spacial score (nSPS) is 12.7. The van der Waals surface area contributed by atoms with Gasteiger partial charge in [-0.3, -0.25) is 0 Å². The minimum atomic E-state index is -0.737. The summed E-state index contributed by atoms with van der Waals surface area (Å²) in [6, 6.07) is 5.36. The van der Waals surface area contributed by atoms with Gasteiger partial charge in [0, 0.05) is 23.4 Å². The predicted octanol–water partition coefficient (Wildman–Crippen LogP) is 3.40. The lowest BCUT2D eigenvalue weighted by molar-refractivity contribution is 0.205. The maximum absolute atomic E-state index is 10.3. The third kappa shape index (κ3) is 2.54. The summed E-state index contributed by atoms with van der Waals surface area (Å²) in [5.41, 5.74) is 0.766. The van der Waals surface area contributed by atoms with Crippen molar-refractivity contribution in [3.05, 3.63) is 51.5 Å². The van der Waals surface area contributed by atoms with Crippen molar-refractivity contribution in [3.8, 4) is 0 Å². The summed E-state index contributed by atoms with van der Waals surface area (Å²) in [6.45, 7) is 2.79. The van der Waals surface area contributed by atoms with Gasteiger partial charge in [-0.1, -0.05) is 17.7 Å². The molecule has 3 nitrogen and oxygen atoms in total. The van der Waals surface area contributed by atoms with E-state index in [1.54, 1.807) is 18.3 Å². The molecule has 1 N–H and O–H groups in total. The molecule has 90 valence electrons. The van der Waals surface area contributed by atoms with Crippen LogP contribution in [0.3, 0.4) is 0 Å². The lowest BCUT2D eigenvalue weighted by Gasteiger charge is -2.13. The number of aryl methyl sites for hydroxylation is 1. The van der Waals surface area contributed by atoms with Gasteiger partial charge in [0.05, 0.1) is 5.02 Å². The minimum Gasteiger partial charge on any atom is -0.380 e. The van der Waals surface area contributed by atoms with Gasteiger partial charge in [-0.25, -0.2) is 4.98 Å². The molecule has 0 bridgehead atoms. The van der Waals surface area contributed by atoms with Crippen molar-refractivity contribution in [2.75, 3.05) is 0 Å². The highest BCUT2D eigenvalue weighted by Gasteiger charge is 2.16. The second kappa shape index (κ2) is 5.21. The molecule has 1 unspecified atom stereocenters. The molecule has 1 atom stereocenters. The molecule has 1 heterocycles. The zero-order chi connectivity index (χ0) is 12.4. The Labute approximate surface area is 113 Å². The van der Waals surface area contributed by atoms with Crippen LogP contribution in [0.25, 0.3) is 0 Å². The summed E-state index contributed by atoms with van der Waals surface area (Å²) >= 11 is 9.26. The van der Waals surface area contributed by atoms with Gasteiger partial charge in [0.15, 0.2) is 0 Å². The average Bonchev–Trinajstić information content (AvgIpc) is 2.80. The van der Waals surface area contributed by atoms with Gasteiger partial charge >= 0.3 is 0 Å². The van der Waals surface area contributed by atoms with Gasteiger partial charge in [-0.05, 0) is 40.5 Å². The van der Waals surface area contributed by atoms with E-state index in [0.29, 0.717) is 10.8 Å². The zero-order valence-electron chi connectivity index (χ0n) is 9.27. The number of aliphatic hydroxyl groups is 1. The molecule has 0 radical (unpaired) electrons. The monoisotopic (exact) mass is 314 g/mol. The van der Waals surface area contributed by atoms with Crippen LogP contribution in [-0.2, 0) is 6.54 Å². The summed E-state index contributed by atoms with van der Waals surface area (Å²) in [5.74, 6) is 0.640. The number of imidazole rings is 1. The Balaban J connectivity index is 2.36. The fourth-order valence-electron chi connectivity index (χ4n) is 1.67. The number of aromatic nitrogens is 2. The van der Waals surface area contributed by atoms with Gasteiger partial charge in [-0.2, -0.15) is 0 Å². The van der Waals surface area contributed by atoms with Crippen molar-refractivity contribution in [2.45, 2.75) is 19.6 Å². The van der Waals surface area contributed by atoms with Gasteiger partial charge in [-0.15, -0.1) is 0 Å². The maximum Gasteiger partial charge on any atom is 0.142 e. The third-order valence-corrected chi connectivity index (χ3v) is 3.81. The van der Waals surface area contributed by atoms with Crippen LogP contribution in [0.15, 0.2) is 35.1 Å². The first kappa shape index (κ1) is 12.6. The van der Waals surface area contributed by atoms with Gasteiger partial charge in [0.25, 0.3) is 0 Å². The van der Waals surface area contributed by atoms with E-state index in [1.807, 2.05) is 23.8 Å². The van der Waals surface area contributed by atoms with Crippen LogP contribution >= 0.6 is 27.5 Å². The van der Waals surface area contributed by atoms with Crippen LogP contribution in [0.4, 0.5) is 0 Å². The van der Waals surface area contributed by atoms with Crippen molar-refractivity contribution in [2.24, 2.45) is 0 Å². The lowest BCUT2D eigenvalue weighted by atomic mass is 10.1. The number of benzene rings is 1. The number of nitrogens with zero attached hydrogens (tertiary/aromatic N) is 2. The van der Waals surface area contributed by atoms with E-state index in [0.717, 1.165) is 16.6 Å². The molecule has 5 heteroatoms. The third-order valence-electron chi connectivity index (χ3n) is 2.59. The molecule has 0 aliphatic heterocycles. The van der Waals surface area contributed by atoms with Crippen LogP contribution in [-0.4, -0.2) is 14.7 Å². The van der Waals surface area contributed by atoms with E-state index in [9.17, 15) is 5.11 Å². The lowest BCUT2D eigenvalue weighted by Crippen LogP contribution is -2.08. The minimum absolute atomic E-state index is 0.625. The Bertz CT molecular complexity index is 527. The second-order valence-corrected chi connectivity index (χ2v) is 4.91. The van der Waals surface area contributed by atoms with E-state index < -0.39 is 6.10 Å². The molecule has 1 aromatic heterocycles. The molecule has 0 aliphatic rings. The number of halogens is 2. The van der Waals surface area contributed by atoms with E-state index in [1.165, 1.54) is 0 Å². The smallest absolute Gasteiger partial charge is 0.142 e. The molecule has 1 aromatic carbocycles. The van der Waals surface area contributed by atoms with E-state index in [4.69, 9.17) is 11.6 Å². The molecular formula is C12H12BrClN2O. The molecule has 17 heavy (non-hydrogen) atoms. The Morgan fingerprint density at radius 1 is 1.53 bits per heavy atom. The predicted molar refractivity (Wildman–Crippen MR) is 71.1 cm³/mol. The van der Waals surface area contributed by atoms with Crippen LogP contribution in [0.5, 0.6) is 0 Å². The zero-order valence-corrected chi connectivity index (χ0v) is 11.6. The summed E-state index contributed by atoms with van der Waals surface area (Å²) in [7, 11) is 0. The summed E-state index contributed by atoms with van der Waals surface area (Å²) in [6.07, 6.45) is 2.80. The second-order valence-electron chi connectivity index (χ2n) is 3.65. The Morgan fingerprint density at radius 3 is 2.94 bits per heavy atom. The molecule has 2 aromatic rings. The van der Waals surface area contributed by atoms with Crippen molar-refractivity contribution < 1.29 is 5.11 Å². The Kier molecular flexibility index (Phi) is 3.86. The van der Waals surface area contributed by atoms with Crippen molar-refractivity contribution in [1.29, 1.82) is 0 Å². The molecular weight excluding hydrogens is 304 g/mol. The van der Waals surface area contributed by atoms with Crippen molar-refractivity contribution in [1.82, 2.24) is 9.55 Å². The fraction of sp³-hybridized carbons (Fsp3) is 0.250. The van der Waals surface area contributed by atoms with Crippen LogP contribution < -0.4 is 0 Å². The van der Waals surface area contributed by atoms with E-state index in [2.05, 4.69) is 20.9 Å². The van der Waals surface area contributed by atoms with Gasteiger partial charge in [0.1, 0.15) is 11.9 Å². The number of aliphatic hydroxyl groups excluding tert-OH is 1. The molecule has 0 fully saturated rings. The number of hydrogen-bond donors (Lipinski definition) is 1. The Morgan fingerprint density at radius 2 is 2.29 bits per heavy atom. The highest BCUT2D eigenvalue weighted by molar-refractivity contribution is 9.10. The number of hydrogen-bond acceptors (Lipinski definition) is 2. The summed E-state index contributed by atoms with van der Waals surface area (Å²) < 4.78 is 2.68. The van der Waals surface area contributed by atoms with Crippen LogP contribution in [0.2, 0.25) is 5.02 Å². The van der Waals surface area contributed by atoms with Crippen molar-refractivity contribution >= 4 is 27.5 Å². The summed E-state index contributed by atoms with van der Waals surface area (Å²) in [5, 5.41) is 10.9. The molecule has 0 saturated carbocycles. The van der Waals surface area contributed by atoms with Crippen LogP contribution in [0, 0.1) is 0 Å². The molecule has 0 amide bonds. The van der Waals surface area contributed by atoms with E-state index in [-0.39, 0.29) is 0 Å². The molecule has 0 spiro atoms. The van der Waals surface area contributed by atoms with Crippen molar-refractivity contribution in [3.63, 3.8) is 0 Å². The van der Waals surface area contributed by atoms with E-state index >= 15 is 0 Å².